The topological polar surface area (TPSA) is 79.8 Å². The summed E-state index contributed by atoms with van der Waals surface area (Å²) in [4.78, 5) is 27.6. The average Bonchev–Trinajstić information content (AvgIpc) is 2.88. The standard InChI is InChI=1S/C18H17F3N4O2/c1-9(11-5-4-6-12(7-11)18(19,20)21)22-17(27)13-8-14(26)15-10(2)24-25(3)16(15)23-13/h4-9H,1-3H3,(H,22,27)(H,23,26). The third-order valence-corrected chi connectivity index (χ3v) is 4.30. The van der Waals surface area contributed by atoms with Gasteiger partial charge in [0, 0.05) is 13.1 Å². The van der Waals surface area contributed by atoms with Gasteiger partial charge in [0.1, 0.15) is 11.3 Å². The SMILES string of the molecule is Cc1nn(C)c2[nH]c(C(=O)NC(C)c3cccc(C(F)(F)F)c3)cc(=O)c12. The fraction of sp³-hybridized carbons (Fsp3) is 0.278. The van der Waals surface area contributed by atoms with Gasteiger partial charge in [-0.05, 0) is 31.5 Å². The van der Waals surface area contributed by atoms with E-state index in [0.717, 1.165) is 18.2 Å². The molecule has 3 rings (SSSR count). The monoisotopic (exact) mass is 378 g/mol. The Balaban J connectivity index is 1.88. The minimum absolute atomic E-state index is 0.00864. The van der Waals surface area contributed by atoms with Crippen LogP contribution in [-0.2, 0) is 13.2 Å². The fourth-order valence-electron chi connectivity index (χ4n) is 2.93. The number of H-pyrrole nitrogens is 1. The van der Waals surface area contributed by atoms with E-state index < -0.39 is 23.7 Å². The van der Waals surface area contributed by atoms with Crippen LogP contribution in [0.4, 0.5) is 13.2 Å². The molecule has 1 aromatic carbocycles. The first kappa shape index (κ1) is 18.7. The molecular formula is C18H17F3N4O2. The summed E-state index contributed by atoms with van der Waals surface area (Å²) in [5.41, 5.74) is 0.106. The molecule has 27 heavy (non-hydrogen) atoms. The predicted molar refractivity (Wildman–Crippen MR) is 93.4 cm³/mol. The van der Waals surface area contributed by atoms with Crippen molar-refractivity contribution in [1.82, 2.24) is 20.1 Å². The first-order valence-corrected chi connectivity index (χ1v) is 8.12. The lowest BCUT2D eigenvalue weighted by atomic mass is 10.0. The van der Waals surface area contributed by atoms with Crippen LogP contribution in [0, 0.1) is 6.92 Å². The summed E-state index contributed by atoms with van der Waals surface area (Å²) < 4.78 is 40.0. The number of pyridine rings is 1. The van der Waals surface area contributed by atoms with E-state index in [0.29, 0.717) is 22.3 Å². The minimum atomic E-state index is -4.46. The third-order valence-electron chi connectivity index (χ3n) is 4.30. The van der Waals surface area contributed by atoms with Gasteiger partial charge in [-0.1, -0.05) is 12.1 Å². The summed E-state index contributed by atoms with van der Waals surface area (Å²) in [6.07, 6.45) is -4.46. The average molecular weight is 378 g/mol. The number of hydrogen-bond acceptors (Lipinski definition) is 3. The molecule has 0 aliphatic heterocycles. The molecule has 6 nitrogen and oxygen atoms in total. The van der Waals surface area contributed by atoms with E-state index in [1.807, 2.05) is 0 Å². The fourth-order valence-corrected chi connectivity index (χ4v) is 2.93. The number of benzene rings is 1. The van der Waals surface area contributed by atoms with Crippen molar-refractivity contribution in [3.05, 3.63) is 63.1 Å². The second-order valence-corrected chi connectivity index (χ2v) is 6.30. The Morgan fingerprint density at radius 3 is 2.67 bits per heavy atom. The number of aromatic amines is 1. The van der Waals surface area contributed by atoms with E-state index in [4.69, 9.17) is 0 Å². The van der Waals surface area contributed by atoms with Crippen molar-refractivity contribution in [2.24, 2.45) is 7.05 Å². The molecule has 1 atom stereocenters. The molecule has 3 aromatic rings. The number of carbonyl (C=O) groups is 1. The number of halogens is 3. The summed E-state index contributed by atoms with van der Waals surface area (Å²) in [6, 6.07) is 5.21. The van der Waals surface area contributed by atoms with Crippen molar-refractivity contribution in [3.8, 4) is 0 Å². The van der Waals surface area contributed by atoms with E-state index >= 15 is 0 Å². The Labute approximate surface area is 152 Å². The molecule has 2 aromatic heterocycles. The summed E-state index contributed by atoms with van der Waals surface area (Å²) in [5.74, 6) is -0.599. The van der Waals surface area contributed by atoms with Gasteiger partial charge in [-0.2, -0.15) is 18.3 Å². The van der Waals surface area contributed by atoms with E-state index in [-0.39, 0.29) is 11.1 Å². The predicted octanol–water partition coefficient (Wildman–Crippen LogP) is 3.08. The Hall–Kier alpha value is -3.10. The lowest BCUT2D eigenvalue weighted by Crippen LogP contribution is -2.28. The second kappa shape index (κ2) is 6.57. The molecule has 0 saturated heterocycles. The number of carbonyl (C=O) groups excluding carboxylic acids is 1. The van der Waals surface area contributed by atoms with Crippen molar-refractivity contribution in [2.45, 2.75) is 26.1 Å². The molecule has 0 saturated carbocycles. The van der Waals surface area contributed by atoms with E-state index in [1.54, 1.807) is 20.9 Å². The molecule has 0 fully saturated rings. The molecule has 0 radical (unpaired) electrons. The Morgan fingerprint density at radius 2 is 2.00 bits per heavy atom. The van der Waals surface area contributed by atoms with Crippen LogP contribution in [0.25, 0.3) is 11.0 Å². The minimum Gasteiger partial charge on any atom is -0.344 e. The Kier molecular flexibility index (Phi) is 4.54. The van der Waals surface area contributed by atoms with Crippen LogP contribution in [-0.4, -0.2) is 20.7 Å². The molecule has 2 N–H and O–H groups in total. The number of nitrogens with zero attached hydrogens (tertiary/aromatic N) is 2. The summed E-state index contributed by atoms with van der Waals surface area (Å²) >= 11 is 0. The van der Waals surface area contributed by atoms with Crippen LogP contribution in [0.2, 0.25) is 0 Å². The maximum atomic E-state index is 12.9. The highest BCUT2D eigenvalue weighted by molar-refractivity contribution is 5.94. The third kappa shape index (κ3) is 3.57. The number of rotatable bonds is 3. The van der Waals surface area contributed by atoms with Gasteiger partial charge in [-0.25, -0.2) is 0 Å². The number of amides is 1. The van der Waals surface area contributed by atoms with Crippen LogP contribution in [0.5, 0.6) is 0 Å². The van der Waals surface area contributed by atoms with Crippen molar-refractivity contribution in [2.75, 3.05) is 0 Å². The van der Waals surface area contributed by atoms with Crippen molar-refractivity contribution in [3.63, 3.8) is 0 Å². The highest BCUT2D eigenvalue weighted by atomic mass is 19.4. The smallest absolute Gasteiger partial charge is 0.344 e. The molecule has 9 heteroatoms. The van der Waals surface area contributed by atoms with Crippen molar-refractivity contribution < 1.29 is 18.0 Å². The number of hydrogen-bond donors (Lipinski definition) is 2. The molecule has 0 aliphatic rings. The van der Waals surface area contributed by atoms with E-state index in [2.05, 4.69) is 15.4 Å². The Bertz CT molecular complexity index is 1080. The molecule has 0 spiro atoms. The number of aryl methyl sites for hydroxylation is 2. The summed E-state index contributed by atoms with van der Waals surface area (Å²) in [7, 11) is 1.64. The largest absolute Gasteiger partial charge is 0.416 e. The maximum Gasteiger partial charge on any atom is 0.416 e. The number of alkyl halides is 3. The van der Waals surface area contributed by atoms with E-state index in [9.17, 15) is 22.8 Å². The zero-order chi connectivity index (χ0) is 19.9. The van der Waals surface area contributed by atoms with Gasteiger partial charge in [0.25, 0.3) is 5.91 Å². The molecule has 0 bridgehead atoms. The highest BCUT2D eigenvalue weighted by Gasteiger charge is 2.30. The maximum absolute atomic E-state index is 12.9. The number of fused-ring (bicyclic) bond motifs is 1. The van der Waals surface area contributed by atoms with Gasteiger partial charge in [-0.15, -0.1) is 0 Å². The lowest BCUT2D eigenvalue weighted by Gasteiger charge is -2.16. The van der Waals surface area contributed by atoms with Gasteiger partial charge in [0.15, 0.2) is 5.43 Å². The van der Waals surface area contributed by atoms with Gasteiger partial charge in [-0.3, -0.25) is 14.3 Å². The molecular weight excluding hydrogens is 361 g/mol. The first-order chi connectivity index (χ1) is 12.6. The molecule has 1 amide bonds. The molecule has 142 valence electrons. The summed E-state index contributed by atoms with van der Waals surface area (Å²) in [6.45, 7) is 3.26. The van der Waals surface area contributed by atoms with Crippen LogP contribution in [0.3, 0.4) is 0 Å². The number of aromatic nitrogens is 3. The van der Waals surface area contributed by atoms with Gasteiger partial charge >= 0.3 is 6.18 Å². The Morgan fingerprint density at radius 1 is 1.30 bits per heavy atom. The normalized spacial score (nSPS) is 13.0. The zero-order valence-corrected chi connectivity index (χ0v) is 14.8. The van der Waals surface area contributed by atoms with Gasteiger partial charge < -0.3 is 10.3 Å². The quantitative estimate of drug-likeness (QED) is 0.735. The molecule has 2 heterocycles. The van der Waals surface area contributed by atoms with Gasteiger partial charge in [0.05, 0.1) is 22.7 Å². The molecule has 0 aliphatic carbocycles. The van der Waals surface area contributed by atoms with Gasteiger partial charge in [0.2, 0.25) is 0 Å². The van der Waals surface area contributed by atoms with Crippen molar-refractivity contribution in [1.29, 1.82) is 0 Å². The lowest BCUT2D eigenvalue weighted by molar-refractivity contribution is -0.137. The highest BCUT2D eigenvalue weighted by Crippen LogP contribution is 2.30. The van der Waals surface area contributed by atoms with Crippen LogP contribution in [0.1, 0.15) is 40.3 Å². The zero-order valence-electron chi connectivity index (χ0n) is 14.8. The van der Waals surface area contributed by atoms with Crippen LogP contribution in [0.15, 0.2) is 35.1 Å². The number of nitrogens with one attached hydrogen (secondary N) is 2. The van der Waals surface area contributed by atoms with Crippen LogP contribution < -0.4 is 10.7 Å². The van der Waals surface area contributed by atoms with E-state index in [1.165, 1.54) is 16.8 Å². The van der Waals surface area contributed by atoms with Crippen molar-refractivity contribution >= 4 is 16.9 Å². The first-order valence-electron chi connectivity index (χ1n) is 8.12. The molecule has 1 unspecified atom stereocenters. The summed E-state index contributed by atoms with van der Waals surface area (Å²) in [5, 5.41) is 7.13. The van der Waals surface area contributed by atoms with Crippen LogP contribution >= 0.6 is 0 Å². The second-order valence-electron chi connectivity index (χ2n) is 6.30.